The molecule has 1 aliphatic heterocycles. The van der Waals surface area contributed by atoms with Crippen LogP contribution in [-0.4, -0.2) is 29.5 Å². The maximum Gasteiger partial charge on any atom is 0.127 e. The van der Waals surface area contributed by atoms with E-state index < -0.39 is 0 Å². The summed E-state index contributed by atoms with van der Waals surface area (Å²) in [6.07, 6.45) is 6.39. The van der Waals surface area contributed by atoms with Gasteiger partial charge in [0.25, 0.3) is 0 Å². The molecule has 1 aromatic carbocycles. The molecule has 0 spiro atoms. The topological polar surface area (TPSA) is 39.1 Å². The Balaban J connectivity index is 1.86. The van der Waals surface area contributed by atoms with E-state index >= 15 is 0 Å². The van der Waals surface area contributed by atoms with Crippen LogP contribution in [0.1, 0.15) is 25.8 Å². The molecule has 1 N–H and O–H groups in total. The van der Waals surface area contributed by atoms with Crippen molar-refractivity contribution in [3.05, 3.63) is 36.7 Å². The lowest BCUT2D eigenvalue weighted by Crippen LogP contribution is -2.29. The van der Waals surface area contributed by atoms with Crippen molar-refractivity contribution in [2.75, 3.05) is 19.7 Å². The van der Waals surface area contributed by atoms with Crippen molar-refractivity contribution in [1.29, 1.82) is 0 Å². The summed E-state index contributed by atoms with van der Waals surface area (Å²) in [6, 6.07) is 8.67. The zero-order valence-corrected chi connectivity index (χ0v) is 11.9. The number of hydrogen-bond acceptors (Lipinski definition) is 3. The van der Waals surface area contributed by atoms with Crippen LogP contribution in [-0.2, 0) is 0 Å². The highest BCUT2D eigenvalue weighted by Crippen LogP contribution is 2.30. The predicted molar refractivity (Wildman–Crippen MR) is 80.0 cm³/mol. The fraction of sp³-hybridized carbons (Fsp3) is 0.438. The van der Waals surface area contributed by atoms with E-state index in [1.54, 1.807) is 0 Å². The molecule has 106 valence electrons. The number of aromatic nitrogens is 2. The first kappa shape index (κ1) is 13.2. The third-order valence-electron chi connectivity index (χ3n) is 3.78. The molecule has 0 radical (unpaired) electrons. The normalized spacial score (nSPS) is 16.2. The number of hydrogen-bond donors (Lipinski definition) is 1. The smallest absolute Gasteiger partial charge is 0.127 e. The molecule has 0 saturated carbocycles. The monoisotopic (exact) mass is 271 g/mol. The number of nitrogens with one attached hydrogen (secondary N) is 1. The van der Waals surface area contributed by atoms with Crippen LogP contribution in [0.25, 0.3) is 11.1 Å². The predicted octanol–water partition coefficient (Wildman–Crippen LogP) is 2.87. The Labute approximate surface area is 119 Å². The highest BCUT2D eigenvalue weighted by atomic mass is 16.5. The van der Waals surface area contributed by atoms with E-state index in [-0.39, 0.29) is 0 Å². The summed E-state index contributed by atoms with van der Waals surface area (Å²) in [4.78, 5) is 0. The fourth-order valence-corrected chi connectivity index (χ4v) is 2.73. The number of piperidine rings is 1. The van der Waals surface area contributed by atoms with E-state index in [2.05, 4.69) is 27.4 Å². The van der Waals surface area contributed by atoms with E-state index in [4.69, 9.17) is 4.74 Å². The number of para-hydroxylation sites is 1. The SMILES string of the molecule is CCOc1ccccc1-c1cnn(C2CCNCC2)c1. The van der Waals surface area contributed by atoms with Gasteiger partial charge in [-0.2, -0.15) is 5.10 Å². The van der Waals surface area contributed by atoms with E-state index in [9.17, 15) is 0 Å². The lowest BCUT2D eigenvalue weighted by Gasteiger charge is -2.22. The van der Waals surface area contributed by atoms with Crippen LogP contribution in [0.5, 0.6) is 5.75 Å². The highest BCUT2D eigenvalue weighted by molar-refractivity contribution is 5.69. The lowest BCUT2D eigenvalue weighted by molar-refractivity contribution is 0.341. The Morgan fingerprint density at radius 1 is 1.30 bits per heavy atom. The summed E-state index contributed by atoms with van der Waals surface area (Å²) in [5.74, 6) is 0.930. The minimum atomic E-state index is 0.518. The molecule has 20 heavy (non-hydrogen) atoms. The van der Waals surface area contributed by atoms with Crippen molar-refractivity contribution < 1.29 is 4.74 Å². The van der Waals surface area contributed by atoms with Gasteiger partial charge in [-0.25, -0.2) is 0 Å². The first-order valence-electron chi connectivity index (χ1n) is 7.35. The largest absolute Gasteiger partial charge is 0.493 e. The molecule has 3 rings (SSSR count). The van der Waals surface area contributed by atoms with Crippen LogP contribution < -0.4 is 10.1 Å². The Morgan fingerprint density at radius 3 is 2.90 bits per heavy atom. The summed E-state index contributed by atoms with van der Waals surface area (Å²) in [5.41, 5.74) is 2.25. The van der Waals surface area contributed by atoms with Crippen LogP contribution >= 0.6 is 0 Å². The molecule has 1 aliphatic rings. The van der Waals surface area contributed by atoms with Gasteiger partial charge in [0.1, 0.15) is 5.75 Å². The van der Waals surface area contributed by atoms with Crippen LogP contribution in [0.3, 0.4) is 0 Å². The van der Waals surface area contributed by atoms with Crippen molar-refractivity contribution in [2.24, 2.45) is 0 Å². The van der Waals surface area contributed by atoms with E-state index in [0.717, 1.165) is 42.8 Å². The van der Waals surface area contributed by atoms with E-state index in [0.29, 0.717) is 12.6 Å². The van der Waals surface area contributed by atoms with Gasteiger partial charge in [0.15, 0.2) is 0 Å². The summed E-state index contributed by atoms with van der Waals surface area (Å²) in [5, 5.41) is 7.94. The van der Waals surface area contributed by atoms with Gasteiger partial charge in [-0.05, 0) is 38.9 Å². The number of benzene rings is 1. The lowest BCUT2D eigenvalue weighted by atomic mass is 10.1. The minimum Gasteiger partial charge on any atom is -0.493 e. The molecule has 4 nitrogen and oxygen atoms in total. The molecule has 2 aromatic rings. The maximum atomic E-state index is 5.70. The first-order chi connectivity index (χ1) is 9.88. The highest BCUT2D eigenvalue weighted by Gasteiger charge is 2.16. The van der Waals surface area contributed by atoms with Gasteiger partial charge in [-0.3, -0.25) is 4.68 Å². The standard InChI is InChI=1S/C16H21N3O/c1-2-20-16-6-4-3-5-15(16)13-11-18-19(12-13)14-7-9-17-10-8-14/h3-6,11-12,14,17H,2,7-10H2,1H3. The van der Waals surface area contributed by atoms with Gasteiger partial charge in [0, 0.05) is 17.3 Å². The molecule has 0 unspecified atom stereocenters. The van der Waals surface area contributed by atoms with Gasteiger partial charge in [0.05, 0.1) is 18.8 Å². The summed E-state index contributed by atoms with van der Waals surface area (Å²) < 4.78 is 7.81. The second-order valence-corrected chi connectivity index (χ2v) is 5.12. The molecule has 1 fully saturated rings. The minimum absolute atomic E-state index is 0.518. The van der Waals surface area contributed by atoms with Gasteiger partial charge in [-0.15, -0.1) is 0 Å². The Morgan fingerprint density at radius 2 is 2.10 bits per heavy atom. The zero-order chi connectivity index (χ0) is 13.8. The number of nitrogens with zero attached hydrogens (tertiary/aromatic N) is 2. The summed E-state index contributed by atoms with van der Waals surface area (Å²) >= 11 is 0. The Bertz CT molecular complexity index is 558. The van der Waals surface area contributed by atoms with E-state index in [1.807, 2.05) is 31.3 Å². The van der Waals surface area contributed by atoms with E-state index in [1.165, 1.54) is 0 Å². The Kier molecular flexibility index (Phi) is 4.02. The molecule has 0 aliphatic carbocycles. The van der Waals surface area contributed by atoms with Crippen molar-refractivity contribution in [1.82, 2.24) is 15.1 Å². The molecule has 1 saturated heterocycles. The van der Waals surface area contributed by atoms with Crippen molar-refractivity contribution >= 4 is 0 Å². The summed E-state index contributed by atoms with van der Waals surface area (Å²) in [6.45, 7) is 4.85. The first-order valence-corrected chi connectivity index (χ1v) is 7.35. The molecule has 4 heteroatoms. The molecule has 2 heterocycles. The molecule has 0 atom stereocenters. The average Bonchev–Trinajstić information content (AvgIpc) is 2.99. The van der Waals surface area contributed by atoms with Gasteiger partial charge >= 0.3 is 0 Å². The molecule has 1 aromatic heterocycles. The van der Waals surface area contributed by atoms with Crippen LogP contribution in [0.15, 0.2) is 36.7 Å². The molecular formula is C16H21N3O. The average molecular weight is 271 g/mol. The molecular weight excluding hydrogens is 250 g/mol. The van der Waals surface area contributed by atoms with Gasteiger partial charge in [-0.1, -0.05) is 18.2 Å². The number of rotatable bonds is 4. The van der Waals surface area contributed by atoms with Gasteiger partial charge < -0.3 is 10.1 Å². The van der Waals surface area contributed by atoms with Crippen molar-refractivity contribution in [3.63, 3.8) is 0 Å². The third kappa shape index (κ3) is 2.70. The third-order valence-corrected chi connectivity index (χ3v) is 3.78. The Hall–Kier alpha value is -1.81. The molecule has 0 amide bonds. The van der Waals surface area contributed by atoms with Crippen molar-refractivity contribution in [3.8, 4) is 16.9 Å². The maximum absolute atomic E-state index is 5.70. The van der Waals surface area contributed by atoms with Crippen molar-refractivity contribution in [2.45, 2.75) is 25.8 Å². The van der Waals surface area contributed by atoms with Crippen LogP contribution in [0.4, 0.5) is 0 Å². The summed E-state index contributed by atoms with van der Waals surface area (Å²) in [7, 11) is 0. The quantitative estimate of drug-likeness (QED) is 0.929. The fourth-order valence-electron chi connectivity index (χ4n) is 2.73. The second-order valence-electron chi connectivity index (χ2n) is 5.12. The second kappa shape index (κ2) is 6.09. The van der Waals surface area contributed by atoms with Crippen LogP contribution in [0.2, 0.25) is 0 Å². The van der Waals surface area contributed by atoms with Crippen LogP contribution in [0, 0.1) is 0 Å². The van der Waals surface area contributed by atoms with Gasteiger partial charge in [0.2, 0.25) is 0 Å². The zero-order valence-electron chi connectivity index (χ0n) is 11.9. The molecule has 0 bridgehead atoms. The number of ether oxygens (including phenoxy) is 1.